The summed E-state index contributed by atoms with van der Waals surface area (Å²) in [5.74, 6) is 5.06. The Kier molecular flexibility index (Phi) is 2.81. The van der Waals surface area contributed by atoms with Gasteiger partial charge in [-0.05, 0) is 19.1 Å². The molecule has 0 saturated carbocycles. The van der Waals surface area contributed by atoms with Crippen LogP contribution in [0.15, 0.2) is 12.1 Å². The van der Waals surface area contributed by atoms with Crippen molar-refractivity contribution in [1.82, 2.24) is 4.98 Å². The second-order valence-corrected chi connectivity index (χ2v) is 2.48. The summed E-state index contributed by atoms with van der Waals surface area (Å²) in [5, 5.41) is 0. The van der Waals surface area contributed by atoms with Gasteiger partial charge in [0.05, 0.1) is 7.11 Å². The third-order valence-electron chi connectivity index (χ3n) is 1.58. The van der Waals surface area contributed by atoms with Gasteiger partial charge in [0.15, 0.2) is 5.82 Å². The number of hydrazine groups is 1. The van der Waals surface area contributed by atoms with E-state index in [9.17, 15) is 4.79 Å². The number of carbonyl (C=O) groups is 1. The van der Waals surface area contributed by atoms with Gasteiger partial charge in [-0.25, -0.2) is 15.6 Å². The molecule has 0 aromatic carbocycles. The molecule has 0 bridgehead atoms. The molecule has 0 spiro atoms. The highest BCUT2D eigenvalue weighted by atomic mass is 16.5. The minimum atomic E-state index is -0.458. The van der Waals surface area contributed by atoms with E-state index in [2.05, 4.69) is 15.1 Å². The SMILES string of the molecule is COC(=O)c1ccc(C)nc1NN. The molecule has 0 aliphatic carbocycles. The first kappa shape index (κ1) is 9.47. The van der Waals surface area contributed by atoms with Crippen LogP contribution in [0.4, 0.5) is 5.82 Å². The highest BCUT2D eigenvalue weighted by Gasteiger charge is 2.11. The second kappa shape index (κ2) is 3.86. The summed E-state index contributed by atoms with van der Waals surface area (Å²) in [6, 6.07) is 3.33. The number of hydrogen-bond donors (Lipinski definition) is 2. The van der Waals surface area contributed by atoms with Gasteiger partial charge in [-0.15, -0.1) is 0 Å². The number of ether oxygens (including phenoxy) is 1. The zero-order valence-electron chi connectivity index (χ0n) is 7.50. The Morgan fingerprint density at radius 2 is 2.31 bits per heavy atom. The van der Waals surface area contributed by atoms with Crippen molar-refractivity contribution in [3.05, 3.63) is 23.4 Å². The number of nitrogens with two attached hydrogens (primary N) is 1. The highest BCUT2D eigenvalue weighted by molar-refractivity contribution is 5.94. The zero-order valence-corrected chi connectivity index (χ0v) is 7.50. The lowest BCUT2D eigenvalue weighted by atomic mass is 10.2. The molecule has 3 N–H and O–H groups in total. The van der Waals surface area contributed by atoms with Crippen LogP contribution in [-0.2, 0) is 4.74 Å². The summed E-state index contributed by atoms with van der Waals surface area (Å²) in [4.78, 5) is 15.2. The van der Waals surface area contributed by atoms with Crippen LogP contribution in [-0.4, -0.2) is 18.1 Å². The number of esters is 1. The molecule has 5 heteroatoms. The van der Waals surface area contributed by atoms with E-state index in [-0.39, 0.29) is 0 Å². The molecular weight excluding hydrogens is 170 g/mol. The van der Waals surface area contributed by atoms with Crippen LogP contribution >= 0.6 is 0 Å². The topological polar surface area (TPSA) is 77.2 Å². The van der Waals surface area contributed by atoms with Crippen molar-refractivity contribution < 1.29 is 9.53 Å². The molecule has 13 heavy (non-hydrogen) atoms. The normalized spacial score (nSPS) is 9.46. The fourth-order valence-corrected chi connectivity index (χ4v) is 0.941. The summed E-state index contributed by atoms with van der Waals surface area (Å²) in [5.41, 5.74) is 3.45. The van der Waals surface area contributed by atoms with E-state index < -0.39 is 5.97 Å². The van der Waals surface area contributed by atoms with Crippen molar-refractivity contribution in [2.24, 2.45) is 5.84 Å². The van der Waals surface area contributed by atoms with E-state index in [1.807, 2.05) is 6.92 Å². The van der Waals surface area contributed by atoms with Gasteiger partial charge in [-0.1, -0.05) is 0 Å². The van der Waals surface area contributed by atoms with Crippen LogP contribution < -0.4 is 11.3 Å². The molecule has 0 aliphatic heterocycles. The van der Waals surface area contributed by atoms with Crippen LogP contribution in [0.25, 0.3) is 0 Å². The minimum Gasteiger partial charge on any atom is -0.465 e. The van der Waals surface area contributed by atoms with E-state index in [1.165, 1.54) is 7.11 Å². The number of aromatic nitrogens is 1. The van der Waals surface area contributed by atoms with Crippen LogP contribution in [0.3, 0.4) is 0 Å². The largest absolute Gasteiger partial charge is 0.465 e. The van der Waals surface area contributed by atoms with E-state index >= 15 is 0 Å². The van der Waals surface area contributed by atoms with Crippen LogP contribution in [0, 0.1) is 6.92 Å². The first-order valence-electron chi connectivity index (χ1n) is 3.71. The quantitative estimate of drug-likeness (QED) is 0.394. The summed E-state index contributed by atoms with van der Waals surface area (Å²) in [6.07, 6.45) is 0. The molecule has 0 unspecified atom stereocenters. The summed E-state index contributed by atoms with van der Waals surface area (Å²) in [6.45, 7) is 1.81. The maximum absolute atomic E-state index is 11.1. The highest BCUT2D eigenvalue weighted by Crippen LogP contribution is 2.12. The van der Waals surface area contributed by atoms with E-state index in [0.29, 0.717) is 11.4 Å². The number of aryl methyl sites for hydroxylation is 1. The summed E-state index contributed by atoms with van der Waals surface area (Å²) < 4.78 is 4.54. The first-order chi connectivity index (χ1) is 6.19. The summed E-state index contributed by atoms with van der Waals surface area (Å²) >= 11 is 0. The lowest BCUT2D eigenvalue weighted by Gasteiger charge is -2.06. The maximum atomic E-state index is 11.1. The maximum Gasteiger partial charge on any atom is 0.341 e. The smallest absolute Gasteiger partial charge is 0.341 e. The van der Waals surface area contributed by atoms with Gasteiger partial charge in [-0.2, -0.15) is 0 Å². The monoisotopic (exact) mass is 181 g/mol. The average Bonchev–Trinajstić information content (AvgIpc) is 2.16. The van der Waals surface area contributed by atoms with Crippen molar-refractivity contribution in [2.75, 3.05) is 12.5 Å². The van der Waals surface area contributed by atoms with Crippen LogP contribution in [0.2, 0.25) is 0 Å². The molecule has 1 aromatic heterocycles. The third-order valence-corrected chi connectivity index (χ3v) is 1.58. The van der Waals surface area contributed by atoms with Crippen molar-refractivity contribution in [1.29, 1.82) is 0 Å². The van der Waals surface area contributed by atoms with Gasteiger partial charge >= 0.3 is 5.97 Å². The Balaban J connectivity index is 3.13. The number of nitrogens with one attached hydrogen (secondary N) is 1. The van der Waals surface area contributed by atoms with Gasteiger partial charge in [0.2, 0.25) is 0 Å². The Bertz CT molecular complexity index is 325. The van der Waals surface area contributed by atoms with Crippen molar-refractivity contribution >= 4 is 11.8 Å². The number of pyridine rings is 1. The predicted molar refractivity (Wildman–Crippen MR) is 48.1 cm³/mol. The molecule has 0 atom stereocenters. The minimum absolute atomic E-state index is 0.326. The van der Waals surface area contributed by atoms with Gasteiger partial charge < -0.3 is 10.2 Å². The van der Waals surface area contributed by atoms with E-state index in [1.54, 1.807) is 12.1 Å². The van der Waals surface area contributed by atoms with Crippen molar-refractivity contribution in [3.8, 4) is 0 Å². The van der Waals surface area contributed by atoms with Gasteiger partial charge in [0, 0.05) is 5.69 Å². The number of anilines is 1. The molecular formula is C8H11N3O2. The van der Waals surface area contributed by atoms with Gasteiger partial charge in [-0.3, -0.25) is 0 Å². The molecule has 0 radical (unpaired) electrons. The fraction of sp³-hybridized carbons (Fsp3) is 0.250. The van der Waals surface area contributed by atoms with E-state index in [4.69, 9.17) is 5.84 Å². The molecule has 0 aliphatic rings. The standard InChI is InChI=1S/C8H11N3O2/c1-5-3-4-6(8(12)13-2)7(10-5)11-9/h3-4H,9H2,1-2H3,(H,10,11). The molecule has 70 valence electrons. The zero-order chi connectivity index (χ0) is 9.84. The molecule has 0 amide bonds. The Morgan fingerprint density at radius 1 is 1.62 bits per heavy atom. The lowest BCUT2D eigenvalue weighted by molar-refractivity contribution is 0.0601. The molecule has 1 aromatic rings. The summed E-state index contributed by atoms with van der Waals surface area (Å²) in [7, 11) is 1.31. The van der Waals surface area contributed by atoms with Crippen molar-refractivity contribution in [2.45, 2.75) is 6.92 Å². The Morgan fingerprint density at radius 3 is 2.85 bits per heavy atom. The number of hydrogen-bond acceptors (Lipinski definition) is 5. The molecule has 0 saturated heterocycles. The molecule has 0 fully saturated rings. The number of methoxy groups -OCH3 is 1. The Labute approximate surface area is 75.9 Å². The van der Waals surface area contributed by atoms with Gasteiger partial charge in [0.1, 0.15) is 5.56 Å². The third kappa shape index (κ3) is 1.94. The second-order valence-electron chi connectivity index (χ2n) is 2.48. The first-order valence-corrected chi connectivity index (χ1v) is 3.71. The van der Waals surface area contributed by atoms with E-state index in [0.717, 1.165) is 5.69 Å². The van der Waals surface area contributed by atoms with Crippen molar-refractivity contribution in [3.63, 3.8) is 0 Å². The lowest BCUT2D eigenvalue weighted by Crippen LogP contribution is -2.14. The Hall–Kier alpha value is -1.62. The molecule has 1 heterocycles. The number of nitrogen functional groups attached to an aromatic ring is 1. The molecule has 5 nitrogen and oxygen atoms in total. The number of carbonyl (C=O) groups excluding carboxylic acids is 1. The number of rotatable bonds is 2. The van der Waals surface area contributed by atoms with Crippen LogP contribution in [0.1, 0.15) is 16.1 Å². The predicted octanol–water partition coefficient (Wildman–Crippen LogP) is 0.462. The average molecular weight is 181 g/mol. The van der Waals surface area contributed by atoms with Crippen LogP contribution in [0.5, 0.6) is 0 Å². The molecule has 1 rings (SSSR count). The number of nitrogens with zero attached hydrogens (tertiary/aromatic N) is 1. The fourth-order valence-electron chi connectivity index (χ4n) is 0.941. The van der Waals surface area contributed by atoms with Gasteiger partial charge in [0.25, 0.3) is 0 Å².